The van der Waals surface area contributed by atoms with Gasteiger partial charge in [-0.1, -0.05) is 55.5 Å². The minimum absolute atomic E-state index is 0.106. The monoisotopic (exact) mass is 448 g/mol. The molecule has 0 aromatic heterocycles. The van der Waals surface area contributed by atoms with Crippen LogP contribution in [0.1, 0.15) is 38.5 Å². The lowest BCUT2D eigenvalue weighted by Gasteiger charge is -2.35. The summed E-state index contributed by atoms with van der Waals surface area (Å²) in [7, 11) is -3.88. The lowest BCUT2D eigenvalue weighted by atomic mass is 10.1. The van der Waals surface area contributed by atoms with Gasteiger partial charge in [0.1, 0.15) is 5.75 Å². The number of hydrogen-bond donors (Lipinski definition) is 1. The van der Waals surface area contributed by atoms with Gasteiger partial charge in [-0.3, -0.25) is 9.10 Å². The molecule has 1 heterocycles. The zero-order valence-corrected chi connectivity index (χ0v) is 18.2. The number of hydrogen-bond acceptors (Lipinski definition) is 4. The van der Waals surface area contributed by atoms with Gasteiger partial charge in [-0.05, 0) is 43.2 Å². The zero-order valence-electron chi connectivity index (χ0n) is 16.6. The molecule has 8 heteroatoms. The van der Waals surface area contributed by atoms with Crippen molar-refractivity contribution < 1.29 is 17.9 Å². The minimum atomic E-state index is -3.88. The summed E-state index contributed by atoms with van der Waals surface area (Å²) < 4.78 is 33.9. The number of benzene rings is 2. The van der Waals surface area contributed by atoms with E-state index < -0.39 is 16.1 Å². The number of carbonyl (C=O) groups is 1. The Balaban J connectivity index is 1.63. The van der Waals surface area contributed by atoms with E-state index in [1.165, 1.54) is 29.3 Å². The first-order chi connectivity index (χ1) is 14.4. The van der Waals surface area contributed by atoms with Crippen molar-refractivity contribution in [2.24, 2.45) is 0 Å². The fourth-order valence-corrected chi connectivity index (χ4v) is 5.68. The van der Waals surface area contributed by atoms with Crippen molar-refractivity contribution in [2.75, 3.05) is 10.8 Å². The van der Waals surface area contributed by atoms with Gasteiger partial charge in [0.2, 0.25) is 0 Å². The van der Waals surface area contributed by atoms with Crippen molar-refractivity contribution in [1.29, 1.82) is 0 Å². The second kappa shape index (κ2) is 8.86. The number of carbonyl (C=O) groups excluding carboxylic acids is 1. The fourth-order valence-electron chi connectivity index (χ4n) is 4.03. The Hall–Kier alpha value is -2.25. The quantitative estimate of drug-likeness (QED) is 0.713. The van der Waals surface area contributed by atoms with E-state index in [1.807, 2.05) is 0 Å². The fraction of sp³-hybridized carbons (Fsp3) is 0.409. The summed E-state index contributed by atoms with van der Waals surface area (Å²) >= 11 is 6.12. The first kappa shape index (κ1) is 21.0. The number of anilines is 1. The van der Waals surface area contributed by atoms with Crippen molar-refractivity contribution in [3.8, 4) is 5.75 Å². The van der Waals surface area contributed by atoms with Gasteiger partial charge in [0, 0.05) is 11.1 Å². The van der Waals surface area contributed by atoms with Gasteiger partial charge in [-0.2, -0.15) is 0 Å². The van der Waals surface area contributed by atoms with Crippen LogP contribution in [0.25, 0.3) is 0 Å². The summed E-state index contributed by atoms with van der Waals surface area (Å²) in [4.78, 5) is 13.1. The Labute approximate surface area is 182 Å². The van der Waals surface area contributed by atoms with Crippen LogP contribution in [-0.2, 0) is 14.8 Å². The van der Waals surface area contributed by atoms with Gasteiger partial charge in [-0.15, -0.1) is 0 Å². The molecule has 2 aliphatic rings. The smallest absolute Gasteiger partial charge is 0.264 e. The largest absolute Gasteiger partial charge is 0.476 e. The van der Waals surface area contributed by atoms with Gasteiger partial charge in [-0.25, -0.2) is 8.42 Å². The molecule has 0 unspecified atom stereocenters. The summed E-state index contributed by atoms with van der Waals surface area (Å²) in [6.07, 6.45) is 5.50. The molecule has 2 aromatic carbocycles. The Bertz CT molecular complexity index is 1010. The molecule has 0 spiro atoms. The van der Waals surface area contributed by atoms with Crippen LogP contribution in [0.15, 0.2) is 53.4 Å². The van der Waals surface area contributed by atoms with E-state index in [2.05, 4.69) is 5.32 Å². The topological polar surface area (TPSA) is 75.7 Å². The van der Waals surface area contributed by atoms with Crippen LogP contribution in [0.3, 0.4) is 0 Å². The second-order valence-electron chi connectivity index (χ2n) is 7.76. The minimum Gasteiger partial charge on any atom is -0.476 e. The molecule has 1 aliphatic carbocycles. The number of halogens is 1. The molecule has 1 saturated carbocycles. The van der Waals surface area contributed by atoms with E-state index in [0.717, 1.165) is 25.7 Å². The van der Waals surface area contributed by atoms with Gasteiger partial charge >= 0.3 is 0 Å². The molecule has 1 aliphatic heterocycles. The molecule has 6 nitrogen and oxygen atoms in total. The predicted octanol–water partition coefficient (Wildman–Crippen LogP) is 4.14. The SMILES string of the molecule is O=C(NC1CCCCCC1)[C@H]1CN(S(=O)(=O)c2ccccc2)c2cc(Cl)ccc2O1. The molecule has 0 bridgehead atoms. The van der Waals surface area contributed by atoms with Crippen molar-refractivity contribution >= 4 is 33.2 Å². The molecule has 1 amide bonds. The van der Waals surface area contributed by atoms with Crippen molar-refractivity contribution in [3.63, 3.8) is 0 Å². The highest BCUT2D eigenvalue weighted by atomic mass is 35.5. The van der Waals surface area contributed by atoms with Crippen LogP contribution in [-0.4, -0.2) is 33.0 Å². The molecule has 2 aromatic rings. The second-order valence-corrected chi connectivity index (χ2v) is 10.1. The number of rotatable bonds is 4. The molecule has 30 heavy (non-hydrogen) atoms. The van der Waals surface area contributed by atoms with Crippen LogP contribution in [0, 0.1) is 0 Å². The van der Waals surface area contributed by atoms with Gasteiger partial charge in [0.15, 0.2) is 6.10 Å². The van der Waals surface area contributed by atoms with Gasteiger partial charge in [0.25, 0.3) is 15.9 Å². The summed E-state index contributed by atoms with van der Waals surface area (Å²) in [5.74, 6) is 0.0435. The summed E-state index contributed by atoms with van der Waals surface area (Å²) in [5.41, 5.74) is 0.338. The van der Waals surface area contributed by atoms with Crippen LogP contribution in [0.2, 0.25) is 5.02 Å². The number of fused-ring (bicyclic) bond motifs is 1. The maximum absolute atomic E-state index is 13.4. The molecule has 0 saturated heterocycles. The van der Waals surface area contributed by atoms with Crippen LogP contribution < -0.4 is 14.4 Å². The molecule has 4 rings (SSSR count). The Kier molecular flexibility index (Phi) is 6.20. The Morgan fingerprint density at radius 2 is 1.73 bits per heavy atom. The number of amides is 1. The molecular weight excluding hydrogens is 424 g/mol. The number of nitrogens with one attached hydrogen (secondary N) is 1. The normalized spacial score (nSPS) is 20.0. The zero-order chi connectivity index (χ0) is 21.1. The first-order valence-electron chi connectivity index (χ1n) is 10.3. The Morgan fingerprint density at radius 1 is 1.03 bits per heavy atom. The molecule has 1 N–H and O–H groups in total. The van der Waals surface area contributed by atoms with E-state index in [0.29, 0.717) is 16.5 Å². The van der Waals surface area contributed by atoms with E-state index in [1.54, 1.807) is 36.4 Å². The van der Waals surface area contributed by atoms with E-state index in [9.17, 15) is 13.2 Å². The van der Waals surface area contributed by atoms with Crippen molar-refractivity contribution in [1.82, 2.24) is 5.32 Å². The lowest BCUT2D eigenvalue weighted by Crippen LogP contribution is -2.52. The van der Waals surface area contributed by atoms with Crippen molar-refractivity contribution in [2.45, 2.75) is 55.6 Å². The van der Waals surface area contributed by atoms with Gasteiger partial charge < -0.3 is 10.1 Å². The third-order valence-corrected chi connectivity index (χ3v) is 7.64. The number of nitrogens with zero attached hydrogens (tertiary/aromatic N) is 1. The summed E-state index contributed by atoms with van der Waals surface area (Å²) in [6.45, 7) is -0.108. The first-order valence-corrected chi connectivity index (χ1v) is 12.1. The molecule has 1 atom stereocenters. The van der Waals surface area contributed by atoms with E-state index in [4.69, 9.17) is 16.3 Å². The van der Waals surface area contributed by atoms with Crippen molar-refractivity contribution in [3.05, 3.63) is 53.6 Å². The van der Waals surface area contributed by atoms with Crippen LogP contribution in [0.5, 0.6) is 5.75 Å². The third kappa shape index (κ3) is 4.42. The average Bonchev–Trinajstić information content (AvgIpc) is 3.02. The predicted molar refractivity (Wildman–Crippen MR) is 116 cm³/mol. The average molecular weight is 449 g/mol. The highest BCUT2D eigenvalue weighted by molar-refractivity contribution is 7.92. The third-order valence-electron chi connectivity index (χ3n) is 5.62. The lowest BCUT2D eigenvalue weighted by molar-refractivity contribution is -0.128. The molecule has 160 valence electrons. The standard InChI is InChI=1S/C22H25ClN2O4S/c23-16-12-13-20-19(14-16)25(30(27,28)18-10-6-3-7-11-18)15-21(29-20)22(26)24-17-8-4-1-2-5-9-17/h3,6-7,10-14,17,21H,1-2,4-5,8-9,15H2,(H,24,26)/t21-/m1/s1. The molecule has 1 fully saturated rings. The van der Waals surface area contributed by atoms with Crippen LogP contribution >= 0.6 is 11.6 Å². The summed E-state index contributed by atoms with van der Waals surface area (Å²) in [5, 5.41) is 3.47. The van der Waals surface area contributed by atoms with E-state index in [-0.39, 0.29) is 23.4 Å². The highest BCUT2D eigenvalue weighted by Crippen LogP contribution is 2.38. The maximum Gasteiger partial charge on any atom is 0.264 e. The summed E-state index contributed by atoms with van der Waals surface area (Å²) in [6, 6.07) is 13.1. The molecule has 0 radical (unpaired) electrons. The molecular formula is C22H25ClN2O4S. The maximum atomic E-state index is 13.4. The number of ether oxygens (including phenoxy) is 1. The Morgan fingerprint density at radius 3 is 2.43 bits per heavy atom. The van der Waals surface area contributed by atoms with Gasteiger partial charge in [0.05, 0.1) is 17.1 Å². The van der Waals surface area contributed by atoms with Crippen LogP contribution in [0.4, 0.5) is 5.69 Å². The number of sulfonamides is 1. The highest BCUT2D eigenvalue weighted by Gasteiger charge is 2.38. The van der Waals surface area contributed by atoms with E-state index >= 15 is 0 Å².